The number of carbonyl (C=O) groups excluding carboxylic acids is 2. The van der Waals surface area contributed by atoms with Crippen LogP contribution in [0.2, 0.25) is 0 Å². The molecule has 6 heteroatoms. The van der Waals surface area contributed by atoms with Crippen LogP contribution in [0.25, 0.3) is 0 Å². The Morgan fingerprint density at radius 3 is 2.72 bits per heavy atom. The molecule has 0 bridgehead atoms. The molecule has 0 saturated heterocycles. The van der Waals surface area contributed by atoms with Gasteiger partial charge in [-0.1, -0.05) is 6.07 Å². The summed E-state index contributed by atoms with van der Waals surface area (Å²) >= 11 is 0. The lowest BCUT2D eigenvalue weighted by Gasteiger charge is -2.09. The van der Waals surface area contributed by atoms with Gasteiger partial charge in [0.1, 0.15) is 0 Å². The third kappa shape index (κ3) is 3.28. The summed E-state index contributed by atoms with van der Waals surface area (Å²) in [4.78, 5) is 24.2. The van der Waals surface area contributed by atoms with Crippen molar-refractivity contribution in [2.75, 3.05) is 18.7 Å². The second kappa shape index (κ2) is 6.47. The molecular formula is C19H18N2O4. The highest BCUT2D eigenvalue weighted by Crippen LogP contribution is 2.32. The Morgan fingerprint density at radius 2 is 1.80 bits per heavy atom. The average Bonchev–Trinajstić information content (AvgIpc) is 3.27. The highest BCUT2D eigenvalue weighted by atomic mass is 16.7. The topological polar surface area (TPSA) is 76.7 Å². The summed E-state index contributed by atoms with van der Waals surface area (Å²) in [6.45, 7) is 0.0634. The summed E-state index contributed by atoms with van der Waals surface area (Å²) in [5.74, 6) is 0.565. The van der Waals surface area contributed by atoms with E-state index in [9.17, 15) is 9.59 Å². The van der Waals surface area contributed by atoms with Gasteiger partial charge in [0.05, 0.1) is 6.54 Å². The molecule has 2 amide bonds. The molecule has 0 spiro atoms. The van der Waals surface area contributed by atoms with Gasteiger partial charge in [0, 0.05) is 11.3 Å². The molecule has 4 rings (SSSR count). The molecule has 0 radical (unpaired) electrons. The van der Waals surface area contributed by atoms with E-state index in [1.54, 1.807) is 18.2 Å². The summed E-state index contributed by atoms with van der Waals surface area (Å²) in [6.07, 6.45) is 3.33. The lowest BCUT2D eigenvalue weighted by atomic mass is 10.1. The number of ether oxygens (including phenoxy) is 2. The summed E-state index contributed by atoms with van der Waals surface area (Å²) in [6, 6.07) is 10.9. The Morgan fingerprint density at radius 1 is 0.960 bits per heavy atom. The van der Waals surface area contributed by atoms with Crippen LogP contribution in [0.3, 0.4) is 0 Å². The van der Waals surface area contributed by atoms with Crippen LogP contribution in [-0.4, -0.2) is 25.2 Å². The van der Waals surface area contributed by atoms with Crippen LogP contribution in [0.5, 0.6) is 11.5 Å². The summed E-state index contributed by atoms with van der Waals surface area (Å²) in [7, 11) is 0. The first-order valence-corrected chi connectivity index (χ1v) is 8.28. The van der Waals surface area contributed by atoms with E-state index in [0.29, 0.717) is 17.1 Å². The zero-order valence-electron chi connectivity index (χ0n) is 13.6. The maximum absolute atomic E-state index is 12.2. The average molecular weight is 338 g/mol. The molecule has 1 aliphatic heterocycles. The van der Waals surface area contributed by atoms with Gasteiger partial charge in [-0.05, 0) is 60.7 Å². The SMILES string of the molecule is O=C(CNC(=O)c1ccc2c(c1)OCO2)Nc1ccc2c(c1)CCC2. The maximum atomic E-state index is 12.2. The first-order chi connectivity index (χ1) is 12.2. The van der Waals surface area contributed by atoms with E-state index in [4.69, 9.17) is 9.47 Å². The zero-order chi connectivity index (χ0) is 17.2. The van der Waals surface area contributed by atoms with Crippen molar-refractivity contribution >= 4 is 17.5 Å². The molecule has 0 atom stereocenters. The van der Waals surface area contributed by atoms with Crippen molar-refractivity contribution in [1.29, 1.82) is 0 Å². The Hall–Kier alpha value is -3.02. The number of hydrogen-bond acceptors (Lipinski definition) is 4. The number of anilines is 1. The molecule has 2 aromatic rings. The highest BCUT2D eigenvalue weighted by Gasteiger charge is 2.17. The Bertz CT molecular complexity index is 847. The van der Waals surface area contributed by atoms with Crippen molar-refractivity contribution in [3.63, 3.8) is 0 Å². The van der Waals surface area contributed by atoms with E-state index in [1.165, 1.54) is 17.5 Å². The summed E-state index contributed by atoms with van der Waals surface area (Å²) in [5, 5.41) is 5.44. The third-order valence-corrected chi connectivity index (χ3v) is 4.43. The molecule has 2 N–H and O–H groups in total. The van der Waals surface area contributed by atoms with E-state index >= 15 is 0 Å². The van der Waals surface area contributed by atoms with Gasteiger partial charge in [-0.3, -0.25) is 9.59 Å². The van der Waals surface area contributed by atoms with E-state index in [2.05, 4.69) is 16.7 Å². The number of aryl methyl sites for hydroxylation is 2. The predicted octanol–water partition coefficient (Wildman–Crippen LogP) is 2.27. The lowest BCUT2D eigenvalue weighted by Crippen LogP contribution is -2.32. The minimum absolute atomic E-state index is 0.0929. The maximum Gasteiger partial charge on any atom is 0.251 e. The fourth-order valence-electron chi connectivity index (χ4n) is 3.16. The molecule has 25 heavy (non-hydrogen) atoms. The van der Waals surface area contributed by atoms with Crippen LogP contribution in [0, 0.1) is 0 Å². The monoisotopic (exact) mass is 338 g/mol. The van der Waals surface area contributed by atoms with Gasteiger partial charge in [-0.25, -0.2) is 0 Å². The molecule has 1 heterocycles. The molecule has 0 aromatic heterocycles. The van der Waals surface area contributed by atoms with Gasteiger partial charge < -0.3 is 20.1 Å². The molecule has 2 aliphatic rings. The zero-order valence-corrected chi connectivity index (χ0v) is 13.6. The van der Waals surface area contributed by atoms with Crippen LogP contribution in [0.15, 0.2) is 36.4 Å². The van der Waals surface area contributed by atoms with Gasteiger partial charge in [0.2, 0.25) is 12.7 Å². The molecule has 6 nitrogen and oxygen atoms in total. The van der Waals surface area contributed by atoms with Gasteiger partial charge in [0.15, 0.2) is 11.5 Å². The van der Waals surface area contributed by atoms with Crippen molar-refractivity contribution in [2.45, 2.75) is 19.3 Å². The Labute approximate surface area is 145 Å². The van der Waals surface area contributed by atoms with Gasteiger partial charge >= 0.3 is 0 Å². The van der Waals surface area contributed by atoms with Crippen molar-refractivity contribution in [1.82, 2.24) is 5.32 Å². The normalized spacial score (nSPS) is 14.1. The third-order valence-electron chi connectivity index (χ3n) is 4.43. The number of fused-ring (bicyclic) bond motifs is 2. The smallest absolute Gasteiger partial charge is 0.251 e. The van der Waals surface area contributed by atoms with Crippen LogP contribution in [0.1, 0.15) is 27.9 Å². The van der Waals surface area contributed by atoms with E-state index in [0.717, 1.165) is 18.5 Å². The second-order valence-electron chi connectivity index (χ2n) is 6.14. The van der Waals surface area contributed by atoms with Crippen molar-refractivity contribution in [3.8, 4) is 11.5 Å². The Kier molecular flexibility index (Phi) is 4.01. The van der Waals surface area contributed by atoms with Crippen molar-refractivity contribution in [2.24, 2.45) is 0 Å². The van der Waals surface area contributed by atoms with E-state index in [1.807, 2.05) is 12.1 Å². The highest BCUT2D eigenvalue weighted by molar-refractivity contribution is 5.99. The number of hydrogen-bond donors (Lipinski definition) is 2. The van der Waals surface area contributed by atoms with Crippen molar-refractivity contribution in [3.05, 3.63) is 53.1 Å². The molecule has 0 saturated carbocycles. The minimum atomic E-state index is -0.331. The first-order valence-electron chi connectivity index (χ1n) is 8.28. The molecular weight excluding hydrogens is 320 g/mol. The fraction of sp³-hybridized carbons (Fsp3) is 0.263. The fourth-order valence-corrected chi connectivity index (χ4v) is 3.16. The van der Waals surface area contributed by atoms with Gasteiger partial charge in [0.25, 0.3) is 5.91 Å². The van der Waals surface area contributed by atoms with E-state index in [-0.39, 0.29) is 25.2 Å². The minimum Gasteiger partial charge on any atom is -0.454 e. The van der Waals surface area contributed by atoms with E-state index < -0.39 is 0 Å². The first kappa shape index (κ1) is 15.5. The number of amides is 2. The number of benzene rings is 2. The van der Waals surface area contributed by atoms with Gasteiger partial charge in [-0.2, -0.15) is 0 Å². The van der Waals surface area contributed by atoms with Crippen molar-refractivity contribution < 1.29 is 19.1 Å². The quantitative estimate of drug-likeness (QED) is 0.897. The lowest BCUT2D eigenvalue weighted by molar-refractivity contribution is -0.115. The van der Waals surface area contributed by atoms with Crippen LogP contribution < -0.4 is 20.1 Å². The number of carbonyl (C=O) groups is 2. The van der Waals surface area contributed by atoms with Crippen LogP contribution >= 0.6 is 0 Å². The summed E-state index contributed by atoms with van der Waals surface area (Å²) in [5.41, 5.74) is 3.84. The number of nitrogens with one attached hydrogen (secondary N) is 2. The van der Waals surface area contributed by atoms with Crippen LogP contribution in [0.4, 0.5) is 5.69 Å². The second-order valence-corrected chi connectivity index (χ2v) is 6.14. The molecule has 2 aromatic carbocycles. The molecule has 0 unspecified atom stereocenters. The number of rotatable bonds is 4. The Balaban J connectivity index is 1.33. The largest absolute Gasteiger partial charge is 0.454 e. The molecule has 1 aliphatic carbocycles. The standard InChI is InChI=1S/C19H18N2O4/c22-18(21-15-6-4-12-2-1-3-13(12)8-15)10-20-19(23)14-5-7-16-17(9-14)25-11-24-16/h4-9H,1-3,10-11H2,(H,20,23)(H,21,22). The van der Waals surface area contributed by atoms with Gasteiger partial charge in [-0.15, -0.1) is 0 Å². The molecule has 0 fully saturated rings. The molecule has 128 valence electrons. The van der Waals surface area contributed by atoms with Crippen LogP contribution in [-0.2, 0) is 17.6 Å². The summed E-state index contributed by atoms with van der Waals surface area (Å²) < 4.78 is 10.5. The predicted molar refractivity (Wildman–Crippen MR) is 92.0 cm³/mol.